The van der Waals surface area contributed by atoms with Gasteiger partial charge in [-0.25, -0.2) is 13.1 Å². The molecular formula is C18H28N2O3S. The second-order valence-electron chi connectivity index (χ2n) is 5.81. The maximum absolute atomic E-state index is 11.9. The standard InChI is InChI=1S/C18H28N2O3S/c1-4-6-7-8-15(3)20-18(21)14-11-16-9-12-17(13-10-16)24(22,23)19-5-2/h9-15,19H,4-8H2,1-3H3,(H,20,21)/b14-11+. The summed E-state index contributed by atoms with van der Waals surface area (Å²) < 4.78 is 26.1. The lowest BCUT2D eigenvalue weighted by Crippen LogP contribution is -2.30. The Bertz CT molecular complexity index is 637. The van der Waals surface area contributed by atoms with E-state index in [2.05, 4.69) is 17.0 Å². The van der Waals surface area contributed by atoms with Crippen LogP contribution in [0, 0.1) is 0 Å². The average Bonchev–Trinajstić information content (AvgIpc) is 2.53. The highest BCUT2D eigenvalue weighted by Crippen LogP contribution is 2.11. The average molecular weight is 353 g/mol. The van der Waals surface area contributed by atoms with Crippen molar-refractivity contribution in [3.63, 3.8) is 0 Å². The number of nitrogens with one attached hydrogen (secondary N) is 2. The van der Waals surface area contributed by atoms with Crippen molar-refractivity contribution in [1.82, 2.24) is 10.0 Å². The van der Waals surface area contributed by atoms with Gasteiger partial charge in [-0.05, 0) is 37.1 Å². The largest absolute Gasteiger partial charge is 0.350 e. The number of sulfonamides is 1. The van der Waals surface area contributed by atoms with Crippen LogP contribution < -0.4 is 10.0 Å². The fourth-order valence-electron chi connectivity index (χ4n) is 2.27. The Morgan fingerprint density at radius 1 is 1.17 bits per heavy atom. The first-order chi connectivity index (χ1) is 11.4. The predicted octanol–water partition coefficient (Wildman–Crippen LogP) is 3.08. The van der Waals surface area contributed by atoms with Gasteiger partial charge in [0.2, 0.25) is 15.9 Å². The number of carbonyl (C=O) groups excluding carboxylic acids is 1. The molecule has 1 rings (SSSR count). The Balaban J connectivity index is 2.57. The van der Waals surface area contributed by atoms with Gasteiger partial charge in [-0.15, -0.1) is 0 Å². The molecule has 0 aliphatic rings. The molecule has 5 nitrogen and oxygen atoms in total. The lowest BCUT2D eigenvalue weighted by Gasteiger charge is -2.11. The minimum atomic E-state index is -3.44. The van der Waals surface area contributed by atoms with Gasteiger partial charge < -0.3 is 5.32 Å². The van der Waals surface area contributed by atoms with Crippen molar-refractivity contribution in [3.8, 4) is 0 Å². The molecule has 0 fully saturated rings. The van der Waals surface area contributed by atoms with Crippen LogP contribution in [0.1, 0.15) is 52.0 Å². The Hall–Kier alpha value is -1.66. The molecule has 1 aromatic rings. The summed E-state index contributed by atoms with van der Waals surface area (Å²) in [6, 6.07) is 6.57. The van der Waals surface area contributed by atoms with Crippen LogP contribution in [0.3, 0.4) is 0 Å². The third-order valence-corrected chi connectivity index (χ3v) is 5.14. The van der Waals surface area contributed by atoms with Crippen molar-refractivity contribution in [3.05, 3.63) is 35.9 Å². The molecule has 134 valence electrons. The number of hydrogen-bond acceptors (Lipinski definition) is 3. The van der Waals surface area contributed by atoms with Gasteiger partial charge in [0.05, 0.1) is 4.90 Å². The van der Waals surface area contributed by atoms with E-state index in [0.29, 0.717) is 6.54 Å². The van der Waals surface area contributed by atoms with E-state index in [1.165, 1.54) is 31.1 Å². The topological polar surface area (TPSA) is 75.3 Å². The van der Waals surface area contributed by atoms with E-state index in [0.717, 1.165) is 18.4 Å². The number of benzene rings is 1. The minimum Gasteiger partial charge on any atom is -0.350 e. The number of hydrogen-bond donors (Lipinski definition) is 2. The molecule has 0 aliphatic heterocycles. The van der Waals surface area contributed by atoms with Crippen LogP contribution in [0.25, 0.3) is 6.08 Å². The van der Waals surface area contributed by atoms with Crippen molar-refractivity contribution in [2.75, 3.05) is 6.54 Å². The Morgan fingerprint density at radius 2 is 1.83 bits per heavy atom. The Kier molecular flexibility index (Phi) is 8.71. The van der Waals surface area contributed by atoms with Crippen LogP contribution in [0.5, 0.6) is 0 Å². The van der Waals surface area contributed by atoms with E-state index < -0.39 is 10.0 Å². The minimum absolute atomic E-state index is 0.136. The summed E-state index contributed by atoms with van der Waals surface area (Å²) in [6.45, 7) is 6.24. The molecule has 0 saturated carbocycles. The third kappa shape index (κ3) is 7.27. The molecule has 0 radical (unpaired) electrons. The van der Waals surface area contributed by atoms with Gasteiger partial charge in [0, 0.05) is 18.7 Å². The molecule has 2 N–H and O–H groups in total. The van der Waals surface area contributed by atoms with E-state index in [-0.39, 0.29) is 16.8 Å². The number of amides is 1. The molecule has 24 heavy (non-hydrogen) atoms. The van der Waals surface area contributed by atoms with Crippen molar-refractivity contribution in [1.29, 1.82) is 0 Å². The van der Waals surface area contributed by atoms with Gasteiger partial charge in [0.1, 0.15) is 0 Å². The maximum Gasteiger partial charge on any atom is 0.244 e. The summed E-state index contributed by atoms with van der Waals surface area (Å²) in [5.74, 6) is -0.136. The van der Waals surface area contributed by atoms with E-state index in [9.17, 15) is 13.2 Å². The smallest absolute Gasteiger partial charge is 0.244 e. The van der Waals surface area contributed by atoms with Crippen LogP contribution in [0.2, 0.25) is 0 Å². The SMILES string of the molecule is CCCCCC(C)NC(=O)/C=C/c1ccc(S(=O)(=O)NCC)cc1. The van der Waals surface area contributed by atoms with Gasteiger partial charge in [-0.2, -0.15) is 0 Å². The lowest BCUT2D eigenvalue weighted by atomic mass is 10.1. The van der Waals surface area contributed by atoms with Crippen molar-refractivity contribution < 1.29 is 13.2 Å². The molecule has 0 aromatic heterocycles. The first-order valence-electron chi connectivity index (χ1n) is 8.47. The fourth-order valence-corrected chi connectivity index (χ4v) is 3.31. The summed E-state index contributed by atoms with van der Waals surface area (Å²) in [7, 11) is -3.44. The van der Waals surface area contributed by atoms with Crippen LogP contribution in [0.15, 0.2) is 35.2 Å². The van der Waals surface area contributed by atoms with Gasteiger partial charge in [-0.3, -0.25) is 4.79 Å². The van der Waals surface area contributed by atoms with E-state index in [4.69, 9.17) is 0 Å². The van der Waals surface area contributed by atoms with E-state index in [1.54, 1.807) is 25.1 Å². The maximum atomic E-state index is 11.9. The zero-order chi connectivity index (χ0) is 18.0. The van der Waals surface area contributed by atoms with Crippen LogP contribution in [-0.4, -0.2) is 26.9 Å². The molecule has 1 amide bonds. The third-order valence-electron chi connectivity index (χ3n) is 3.58. The molecule has 1 aromatic carbocycles. The van der Waals surface area contributed by atoms with Gasteiger partial charge in [-0.1, -0.05) is 45.2 Å². The highest BCUT2D eigenvalue weighted by molar-refractivity contribution is 7.89. The summed E-state index contributed by atoms with van der Waals surface area (Å²) in [6.07, 6.45) is 7.59. The molecule has 0 aliphatic carbocycles. The Labute approximate surface area is 145 Å². The van der Waals surface area contributed by atoms with Crippen LogP contribution in [0.4, 0.5) is 0 Å². The quantitative estimate of drug-likeness (QED) is 0.502. The van der Waals surface area contributed by atoms with Crippen molar-refractivity contribution in [2.24, 2.45) is 0 Å². The van der Waals surface area contributed by atoms with E-state index >= 15 is 0 Å². The summed E-state index contributed by atoms with van der Waals surface area (Å²) in [5, 5.41) is 2.93. The van der Waals surface area contributed by atoms with Gasteiger partial charge in [0.25, 0.3) is 0 Å². The number of carbonyl (C=O) groups is 1. The van der Waals surface area contributed by atoms with Crippen LogP contribution in [-0.2, 0) is 14.8 Å². The summed E-state index contributed by atoms with van der Waals surface area (Å²) in [5.41, 5.74) is 0.777. The molecule has 0 bridgehead atoms. The summed E-state index contributed by atoms with van der Waals surface area (Å²) in [4.78, 5) is 12.1. The zero-order valence-corrected chi connectivity index (χ0v) is 15.5. The first-order valence-corrected chi connectivity index (χ1v) is 9.95. The van der Waals surface area contributed by atoms with E-state index in [1.807, 2.05) is 6.92 Å². The summed E-state index contributed by atoms with van der Waals surface area (Å²) >= 11 is 0. The monoisotopic (exact) mass is 352 g/mol. The fraction of sp³-hybridized carbons (Fsp3) is 0.500. The second-order valence-corrected chi connectivity index (χ2v) is 7.58. The molecule has 0 spiro atoms. The Morgan fingerprint density at radius 3 is 2.42 bits per heavy atom. The number of rotatable bonds is 10. The highest BCUT2D eigenvalue weighted by atomic mass is 32.2. The predicted molar refractivity (Wildman–Crippen MR) is 98.1 cm³/mol. The zero-order valence-electron chi connectivity index (χ0n) is 14.7. The van der Waals surface area contributed by atoms with Crippen molar-refractivity contribution >= 4 is 22.0 Å². The number of unbranched alkanes of at least 4 members (excludes halogenated alkanes) is 2. The second kappa shape index (κ2) is 10.3. The molecule has 0 saturated heterocycles. The molecule has 1 atom stereocenters. The lowest BCUT2D eigenvalue weighted by molar-refractivity contribution is -0.117. The highest BCUT2D eigenvalue weighted by Gasteiger charge is 2.11. The van der Waals surface area contributed by atoms with Crippen LogP contribution >= 0.6 is 0 Å². The molecule has 1 unspecified atom stereocenters. The van der Waals surface area contributed by atoms with Gasteiger partial charge in [0.15, 0.2) is 0 Å². The molecule has 6 heteroatoms. The normalized spacial score (nSPS) is 13.1. The van der Waals surface area contributed by atoms with Crippen molar-refractivity contribution in [2.45, 2.75) is 57.4 Å². The molecular weight excluding hydrogens is 324 g/mol. The first kappa shape index (κ1) is 20.4. The molecule has 0 heterocycles. The van der Waals surface area contributed by atoms with Gasteiger partial charge >= 0.3 is 0 Å².